The number of fused-ring (bicyclic) bond motifs is 5. The first-order chi connectivity index (χ1) is 44.7. The van der Waals surface area contributed by atoms with Crippen molar-refractivity contribution in [1.29, 1.82) is 0 Å². The lowest BCUT2D eigenvalue weighted by atomic mass is 9.86. The minimum Gasteiger partial charge on any atom is -0.414 e. The molecular weight excluding hydrogens is 1350 g/mol. The van der Waals surface area contributed by atoms with Gasteiger partial charge in [0.2, 0.25) is 11.9 Å². The van der Waals surface area contributed by atoms with Crippen LogP contribution in [0, 0.1) is 0 Å². The van der Waals surface area contributed by atoms with Crippen molar-refractivity contribution in [2.24, 2.45) is 0 Å². The van der Waals surface area contributed by atoms with Gasteiger partial charge in [0.25, 0.3) is 21.9 Å². The molecule has 2 amide bonds. The summed E-state index contributed by atoms with van der Waals surface area (Å²) in [7, 11) is -15.7. The molecule has 8 atom stereocenters. The minimum atomic E-state index is -3.85. The number of ether oxygens (including phenoxy) is 3. The van der Waals surface area contributed by atoms with Gasteiger partial charge < -0.3 is 45.3 Å². The number of carbonyl (C=O) groups is 2. The quantitative estimate of drug-likeness (QED) is 0.0409. The highest BCUT2D eigenvalue weighted by atomic mass is 35.5. The van der Waals surface area contributed by atoms with E-state index < -0.39 is 98.3 Å². The monoisotopic (exact) mass is 1440 g/mol. The number of benzene rings is 2. The van der Waals surface area contributed by atoms with Gasteiger partial charge in [-0.15, -0.1) is 0 Å². The van der Waals surface area contributed by atoms with Gasteiger partial charge in [-0.2, -0.15) is 28.4 Å². The summed E-state index contributed by atoms with van der Waals surface area (Å²) in [5.74, 6) is -0.813. The molecule has 5 aliphatic heterocycles. The average molecular weight is 1440 g/mol. The van der Waals surface area contributed by atoms with Crippen molar-refractivity contribution < 1.29 is 67.4 Å². The van der Waals surface area contributed by atoms with Crippen LogP contribution in [0.1, 0.15) is 157 Å². The summed E-state index contributed by atoms with van der Waals surface area (Å²) in [5, 5.41) is 18.4. The molecule has 5 saturated heterocycles. The molecule has 520 valence electrons. The summed E-state index contributed by atoms with van der Waals surface area (Å²) in [5.41, 5.74) is 0.149. The normalized spacial score (nSPS) is 26.4. The van der Waals surface area contributed by atoms with Crippen LogP contribution in [0.5, 0.6) is 0 Å². The SMILES string of the molecule is CC(C)[Si]1(C(C)C)OCC2OC(n3cnc4c(Cl)nc(NC(=O)c5ccccc5)nc43)[C@@](O)(CCOS(C)(=O)=O)C2O[Si](C(C)C)(C(C)C)O1.CC(C)[Si]1(C(C)C)OCC2OC(n3cnc4c(Cl)nc(NC(=O)c5ccccc5)nc43)[C@@]3(CCO3)C2O[Si](C(C)C)(C(C)C)O1. The molecule has 0 radical (unpaired) electrons. The van der Waals surface area contributed by atoms with Crippen molar-refractivity contribution in [3.63, 3.8) is 0 Å². The lowest BCUT2D eigenvalue weighted by Crippen LogP contribution is -2.68. The third kappa shape index (κ3) is 13.7. The largest absolute Gasteiger partial charge is 0.414 e. The summed E-state index contributed by atoms with van der Waals surface area (Å²) >= 11 is 13.2. The summed E-state index contributed by atoms with van der Waals surface area (Å²) in [6, 6.07) is 17.4. The van der Waals surface area contributed by atoms with E-state index in [0.29, 0.717) is 41.9 Å². The number of hydrogen-bond acceptors (Lipinski definition) is 21. The van der Waals surface area contributed by atoms with Gasteiger partial charge in [0.1, 0.15) is 46.7 Å². The molecule has 3 N–H and O–H groups in total. The second-order valence-corrected chi connectivity index (χ2v) is 47.9. The van der Waals surface area contributed by atoms with Crippen LogP contribution in [0.4, 0.5) is 11.9 Å². The van der Waals surface area contributed by atoms with E-state index in [1.54, 1.807) is 60.9 Å². The van der Waals surface area contributed by atoms with E-state index in [9.17, 15) is 23.1 Å². The molecule has 11 rings (SSSR count). The number of hydrogen-bond donors (Lipinski definition) is 3. The zero-order valence-corrected chi connectivity index (χ0v) is 63.5. The third-order valence-corrected chi connectivity index (χ3v) is 40.8. The van der Waals surface area contributed by atoms with Gasteiger partial charge in [-0.3, -0.25) is 33.5 Å². The number of rotatable bonds is 18. The molecule has 1 spiro atoms. The first-order valence-electron chi connectivity index (χ1n) is 32.8. The average Bonchev–Trinajstić information content (AvgIpc) is 1.59. The Balaban J connectivity index is 0.000000208. The molecule has 2 aromatic carbocycles. The highest BCUT2D eigenvalue weighted by Crippen LogP contribution is 2.57. The zero-order chi connectivity index (χ0) is 69.1. The summed E-state index contributed by atoms with van der Waals surface area (Å²) < 4.78 is 95.9. The molecular formula is C63H92Cl2N10O15SSi4. The fraction of sp³-hybridized carbons (Fsp3) is 0.619. The molecule has 95 heavy (non-hydrogen) atoms. The Bertz CT molecular complexity index is 3800. The van der Waals surface area contributed by atoms with E-state index >= 15 is 0 Å². The fourth-order valence-corrected chi connectivity index (χ4v) is 37.5. The molecule has 9 heterocycles. The van der Waals surface area contributed by atoms with E-state index in [-0.39, 0.29) is 103 Å². The van der Waals surface area contributed by atoms with Gasteiger partial charge in [-0.05, 0) is 68.6 Å². The van der Waals surface area contributed by atoms with Gasteiger partial charge in [0, 0.05) is 24.0 Å². The maximum absolute atomic E-state index is 13.0. The highest BCUT2D eigenvalue weighted by molar-refractivity contribution is 7.86. The van der Waals surface area contributed by atoms with Crippen molar-refractivity contribution in [2.75, 3.05) is 43.3 Å². The Morgan fingerprint density at radius 1 is 0.600 bits per heavy atom. The van der Waals surface area contributed by atoms with Crippen LogP contribution < -0.4 is 10.6 Å². The van der Waals surface area contributed by atoms with Crippen LogP contribution in [0.2, 0.25) is 54.6 Å². The van der Waals surface area contributed by atoms with E-state index in [0.717, 1.165) is 6.26 Å². The first kappa shape index (κ1) is 73.2. The topological polar surface area (TPSA) is 292 Å². The Labute approximate surface area is 570 Å². The van der Waals surface area contributed by atoms with Crippen LogP contribution in [-0.2, 0) is 54.4 Å². The van der Waals surface area contributed by atoms with Crippen molar-refractivity contribution in [1.82, 2.24) is 39.0 Å². The van der Waals surface area contributed by atoms with Crippen LogP contribution in [0.25, 0.3) is 22.3 Å². The van der Waals surface area contributed by atoms with Crippen molar-refractivity contribution in [2.45, 2.75) is 216 Å². The van der Waals surface area contributed by atoms with E-state index in [4.69, 9.17) is 72.5 Å². The molecule has 25 nitrogen and oxygen atoms in total. The Morgan fingerprint density at radius 3 is 1.36 bits per heavy atom. The molecule has 5 aliphatic rings. The lowest BCUT2D eigenvalue weighted by Gasteiger charge is -2.54. The van der Waals surface area contributed by atoms with Crippen LogP contribution in [0.15, 0.2) is 73.3 Å². The molecule has 5 fully saturated rings. The molecule has 32 heteroatoms. The predicted octanol–water partition coefficient (Wildman–Crippen LogP) is 12.4. The maximum Gasteiger partial charge on any atom is 0.335 e. The van der Waals surface area contributed by atoms with E-state index in [2.05, 4.69) is 146 Å². The molecule has 0 aliphatic carbocycles. The number of carbonyl (C=O) groups excluding carboxylic acids is 2. The van der Waals surface area contributed by atoms with Crippen LogP contribution in [-0.4, -0.2) is 167 Å². The Kier molecular flexibility index (Phi) is 21.7. The van der Waals surface area contributed by atoms with Gasteiger partial charge >= 0.3 is 34.2 Å². The summed E-state index contributed by atoms with van der Waals surface area (Å²) in [6.07, 6.45) is 0.00891. The first-order valence-corrected chi connectivity index (χ1v) is 43.2. The summed E-state index contributed by atoms with van der Waals surface area (Å²) in [6.45, 7) is 34.9. The highest BCUT2D eigenvalue weighted by Gasteiger charge is 2.70. The van der Waals surface area contributed by atoms with Crippen molar-refractivity contribution in [3.8, 4) is 0 Å². The standard InChI is InChI=1S/C32H48ClN5O9SSi2.C31H44ClN5O6Si2/c1-19(2)49(20(3)4)44-17-24-26(46-50(47-49,21(5)6)22(7)8)32(40,15-16-43-48(9,41)42)30(45-24)38-18-34-25-27(33)35-31(36-28(25)38)37-29(39)23-13-11-10-12-14-23;1-18(2)44(19(3)4)40-16-23-25(42-45(43-44,20(5)6)21(7)8)31(14-15-39-31)29(41-23)37-17-33-24-26(32)34-30(35-27(24)37)36-28(38)22-12-10-9-11-13-22/h10-14,18-22,24,26,30,40H,15-17H2,1-9H3,(H,35,36,37,39);9-13,17-21,23,25,29H,14-16H2,1-8H3,(H,34,35,36,38)/t24?,26?,30?,32-;23?,25?,29?,31-/m11/s1. The number of imidazole rings is 2. The van der Waals surface area contributed by atoms with Crippen molar-refractivity contribution >= 4 is 114 Å². The maximum atomic E-state index is 13.0. The second-order valence-electron chi connectivity index (χ2n) is 27.9. The molecule has 0 saturated carbocycles. The van der Waals surface area contributed by atoms with Gasteiger partial charge in [-0.25, -0.2) is 9.97 Å². The Morgan fingerprint density at radius 2 is 0.979 bits per heavy atom. The number of nitrogens with zero attached hydrogens (tertiary/aromatic N) is 8. The number of aliphatic hydroxyl groups is 1. The van der Waals surface area contributed by atoms with Crippen LogP contribution >= 0.6 is 23.2 Å². The van der Waals surface area contributed by atoms with E-state index in [1.165, 1.54) is 10.9 Å². The number of aromatic nitrogens is 8. The number of halogens is 2. The van der Waals surface area contributed by atoms with Crippen molar-refractivity contribution in [3.05, 3.63) is 94.8 Å². The smallest absolute Gasteiger partial charge is 0.335 e. The third-order valence-electron chi connectivity index (χ3n) is 19.2. The number of amides is 2. The number of nitrogens with one attached hydrogen (secondary N) is 2. The molecule has 4 aromatic heterocycles. The minimum absolute atomic E-state index is 0.0336. The van der Waals surface area contributed by atoms with E-state index in [1.807, 2.05) is 10.6 Å². The fourth-order valence-electron chi connectivity index (χ4n) is 14.2. The molecule has 0 bridgehead atoms. The van der Waals surface area contributed by atoms with Crippen LogP contribution in [0.3, 0.4) is 0 Å². The second kappa shape index (κ2) is 28.2. The Hall–Kier alpha value is -4.56. The van der Waals surface area contributed by atoms with Gasteiger partial charge in [-0.1, -0.05) is 170 Å². The zero-order valence-electron chi connectivity index (χ0n) is 57.2. The predicted molar refractivity (Wildman–Crippen MR) is 369 cm³/mol. The number of anilines is 2. The molecule has 6 unspecified atom stereocenters. The van der Waals surface area contributed by atoms with Gasteiger partial charge in [0.05, 0.1) is 45.3 Å². The molecule has 6 aromatic rings. The van der Waals surface area contributed by atoms with Gasteiger partial charge in [0.15, 0.2) is 34.1 Å². The summed E-state index contributed by atoms with van der Waals surface area (Å²) in [4.78, 5) is 52.7. The lowest BCUT2D eigenvalue weighted by molar-refractivity contribution is -0.224.